The van der Waals surface area contributed by atoms with Crippen LogP contribution in [0.4, 0.5) is 11.4 Å². The number of benzene rings is 1. The van der Waals surface area contributed by atoms with Crippen molar-refractivity contribution in [3.8, 4) is 5.75 Å². The van der Waals surface area contributed by atoms with Crippen molar-refractivity contribution in [1.82, 2.24) is 0 Å². The van der Waals surface area contributed by atoms with Crippen molar-refractivity contribution in [2.75, 3.05) is 17.2 Å². The number of nitrogens with one attached hydrogen (secondary N) is 2. The van der Waals surface area contributed by atoms with E-state index in [2.05, 4.69) is 10.6 Å². The summed E-state index contributed by atoms with van der Waals surface area (Å²) in [7, 11) is 0. The Morgan fingerprint density at radius 1 is 1.30 bits per heavy atom. The molecule has 1 aliphatic heterocycles. The monoisotopic (exact) mass is 292 g/mol. The van der Waals surface area contributed by atoms with E-state index in [1.165, 1.54) is 12.1 Å². The smallest absolute Gasteiger partial charge is 0.291 e. The highest BCUT2D eigenvalue weighted by molar-refractivity contribution is 6.29. The highest BCUT2D eigenvalue weighted by Crippen LogP contribution is 2.30. The summed E-state index contributed by atoms with van der Waals surface area (Å²) in [6, 6.07) is 7.89. The molecule has 2 heterocycles. The summed E-state index contributed by atoms with van der Waals surface area (Å²) in [5, 5.41) is 5.44. The molecule has 0 bridgehead atoms. The number of anilines is 2. The normalized spacial score (nSPS) is 13.2. The quantitative estimate of drug-likeness (QED) is 0.891. The molecule has 0 unspecified atom stereocenters. The highest BCUT2D eigenvalue weighted by Gasteiger charge is 2.17. The second kappa shape index (κ2) is 4.90. The first-order valence-corrected chi connectivity index (χ1v) is 6.13. The van der Waals surface area contributed by atoms with Crippen molar-refractivity contribution in [2.45, 2.75) is 0 Å². The van der Waals surface area contributed by atoms with Crippen LogP contribution in [-0.4, -0.2) is 18.4 Å². The van der Waals surface area contributed by atoms with Gasteiger partial charge < -0.3 is 19.8 Å². The number of carbonyl (C=O) groups is 2. The molecule has 1 aliphatic rings. The molecular formula is C13H9ClN2O4. The molecule has 0 fully saturated rings. The molecule has 3 rings (SSSR count). The van der Waals surface area contributed by atoms with E-state index in [0.717, 1.165) is 0 Å². The van der Waals surface area contributed by atoms with Crippen molar-refractivity contribution in [2.24, 2.45) is 0 Å². The van der Waals surface area contributed by atoms with Gasteiger partial charge in [0.05, 0.1) is 5.69 Å². The van der Waals surface area contributed by atoms with Crippen LogP contribution in [0.3, 0.4) is 0 Å². The SMILES string of the molecule is O=C1COc2ccc(NC(=O)c3ccc(Cl)o3)cc2N1. The third-order valence-corrected chi connectivity index (χ3v) is 2.87. The van der Waals surface area contributed by atoms with Crippen LogP contribution in [0.25, 0.3) is 0 Å². The average molecular weight is 293 g/mol. The molecular weight excluding hydrogens is 284 g/mol. The summed E-state index contributed by atoms with van der Waals surface area (Å²) in [4.78, 5) is 23.1. The van der Waals surface area contributed by atoms with Crippen LogP contribution in [0.5, 0.6) is 5.75 Å². The van der Waals surface area contributed by atoms with Crippen molar-refractivity contribution in [3.63, 3.8) is 0 Å². The van der Waals surface area contributed by atoms with Crippen LogP contribution >= 0.6 is 11.6 Å². The van der Waals surface area contributed by atoms with Crippen molar-refractivity contribution in [1.29, 1.82) is 0 Å². The summed E-state index contributed by atoms with van der Waals surface area (Å²) in [5.74, 6) is -0.00431. The summed E-state index contributed by atoms with van der Waals surface area (Å²) in [6.07, 6.45) is 0. The first-order chi connectivity index (χ1) is 9.61. The maximum absolute atomic E-state index is 11.9. The third kappa shape index (κ3) is 2.46. The lowest BCUT2D eigenvalue weighted by Crippen LogP contribution is -2.25. The van der Waals surface area contributed by atoms with Crippen LogP contribution in [0, 0.1) is 0 Å². The molecule has 20 heavy (non-hydrogen) atoms. The van der Waals surface area contributed by atoms with E-state index < -0.39 is 5.91 Å². The first kappa shape index (κ1) is 12.6. The van der Waals surface area contributed by atoms with Crippen molar-refractivity contribution < 1.29 is 18.7 Å². The Kier molecular flexibility index (Phi) is 3.08. The van der Waals surface area contributed by atoms with E-state index in [0.29, 0.717) is 17.1 Å². The van der Waals surface area contributed by atoms with E-state index in [1.807, 2.05) is 0 Å². The van der Waals surface area contributed by atoms with E-state index in [9.17, 15) is 9.59 Å². The van der Waals surface area contributed by atoms with E-state index in [4.69, 9.17) is 20.8 Å². The Labute approximate surface area is 118 Å². The van der Waals surface area contributed by atoms with Gasteiger partial charge in [-0.15, -0.1) is 0 Å². The zero-order chi connectivity index (χ0) is 14.1. The van der Waals surface area contributed by atoms with Crippen LogP contribution < -0.4 is 15.4 Å². The fourth-order valence-electron chi connectivity index (χ4n) is 1.79. The number of amides is 2. The molecule has 0 spiro atoms. The second-order valence-corrected chi connectivity index (χ2v) is 4.48. The Morgan fingerprint density at radius 3 is 2.90 bits per heavy atom. The summed E-state index contributed by atoms with van der Waals surface area (Å²) >= 11 is 5.61. The molecule has 0 saturated heterocycles. The molecule has 102 valence electrons. The predicted molar refractivity (Wildman–Crippen MR) is 72.2 cm³/mol. The van der Waals surface area contributed by atoms with Gasteiger partial charge in [-0.1, -0.05) is 0 Å². The summed E-state index contributed by atoms with van der Waals surface area (Å²) in [5.41, 5.74) is 1.02. The highest BCUT2D eigenvalue weighted by atomic mass is 35.5. The maximum Gasteiger partial charge on any atom is 0.291 e. The van der Waals surface area contributed by atoms with Gasteiger partial charge in [0.2, 0.25) is 0 Å². The van der Waals surface area contributed by atoms with Crippen molar-refractivity contribution in [3.05, 3.63) is 41.3 Å². The molecule has 0 saturated carbocycles. The molecule has 2 N–H and O–H groups in total. The minimum absolute atomic E-state index is 0.0103. The lowest BCUT2D eigenvalue weighted by atomic mass is 10.2. The zero-order valence-corrected chi connectivity index (χ0v) is 10.9. The maximum atomic E-state index is 11.9. The van der Waals surface area contributed by atoms with Crippen LogP contribution in [0.2, 0.25) is 5.22 Å². The largest absolute Gasteiger partial charge is 0.482 e. The van der Waals surface area contributed by atoms with Crippen LogP contribution in [-0.2, 0) is 4.79 Å². The van der Waals surface area contributed by atoms with E-state index in [1.54, 1.807) is 18.2 Å². The second-order valence-electron chi connectivity index (χ2n) is 4.11. The molecule has 0 atom stereocenters. The molecule has 6 nitrogen and oxygen atoms in total. The van der Waals surface area contributed by atoms with Gasteiger partial charge in [-0.3, -0.25) is 9.59 Å². The van der Waals surface area contributed by atoms with Crippen LogP contribution in [0.15, 0.2) is 34.7 Å². The first-order valence-electron chi connectivity index (χ1n) is 5.75. The van der Waals surface area contributed by atoms with E-state index >= 15 is 0 Å². The Balaban J connectivity index is 1.80. The van der Waals surface area contributed by atoms with Gasteiger partial charge in [-0.25, -0.2) is 0 Å². The van der Waals surface area contributed by atoms with E-state index in [-0.39, 0.29) is 23.5 Å². The third-order valence-electron chi connectivity index (χ3n) is 2.67. The molecule has 7 heteroatoms. The average Bonchev–Trinajstić information content (AvgIpc) is 2.85. The van der Waals surface area contributed by atoms with Gasteiger partial charge in [0.25, 0.3) is 11.8 Å². The molecule has 2 aromatic rings. The number of fused-ring (bicyclic) bond motifs is 1. The molecule has 0 aliphatic carbocycles. The molecule has 1 aromatic heterocycles. The number of ether oxygens (including phenoxy) is 1. The van der Waals surface area contributed by atoms with Gasteiger partial charge in [0, 0.05) is 5.69 Å². The summed E-state index contributed by atoms with van der Waals surface area (Å²) in [6.45, 7) is -0.0103. The molecule has 2 amide bonds. The minimum atomic E-state index is -0.431. The van der Waals surface area contributed by atoms with Crippen molar-refractivity contribution >= 4 is 34.8 Å². The fourth-order valence-corrected chi connectivity index (χ4v) is 1.94. The Hall–Kier alpha value is -2.47. The Bertz CT molecular complexity index is 695. The lowest BCUT2D eigenvalue weighted by molar-refractivity contribution is -0.118. The zero-order valence-electron chi connectivity index (χ0n) is 10.1. The van der Waals surface area contributed by atoms with Gasteiger partial charge >= 0.3 is 0 Å². The number of rotatable bonds is 2. The van der Waals surface area contributed by atoms with Gasteiger partial charge in [0.1, 0.15) is 5.75 Å². The number of furan rings is 1. The molecule has 0 radical (unpaired) electrons. The number of hydrogen-bond acceptors (Lipinski definition) is 4. The Morgan fingerprint density at radius 2 is 2.15 bits per heavy atom. The van der Waals surface area contributed by atoms with Gasteiger partial charge in [-0.05, 0) is 41.9 Å². The van der Waals surface area contributed by atoms with Gasteiger partial charge in [0.15, 0.2) is 17.6 Å². The number of carbonyl (C=O) groups excluding carboxylic acids is 2. The lowest BCUT2D eigenvalue weighted by Gasteiger charge is -2.18. The predicted octanol–water partition coefficient (Wildman–Crippen LogP) is 2.52. The van der Waals surface area contributed by atoms with Gasteiger partial charge in [-0.2, -0.15) is 0 Å². The topological polar surface area (TPSA) is 80.6 Å². The standard InChI is InChI=1S/C13H9ClN2O4/c14-11-4-3-10(20-11)13(18)15-7-1-2-9-8(5-7)16-12(17)6-19-9/h1-5H,6H2,(H,15,18)(H,16,17). The number of halogens is 1. The molecule has 1 aromatic carbocycles. The van der Waals surface area contributed by atoms with Crippen LogP contribution in [0.1, 0.15) is 10.6 Å². The number of hydrogen-bond donors (Lipinski definition) is 2. The minimum Gasteiger partial charge on any atom is -0.482 e. The summed E-state index contributed by atoms with van der Waals surface area (Å²) < 4.78 is 10.2. The fraction of sp³-hybridized carbons (Fsp3) is 0.0769.